The summed E-state index contributed by atoms with van der Waals surface area (Å²) in [6.45, 7) is 7.68. The Labute approximate surface area is 127 Å². The van der Waals surface area contributed by atoms with Gasteiger partial charge in [0.25, 0.3) is 5.91 Å². The van der Waals surface area contributed by atoms with Crippen LogP contribution in [0.4, 0.5) is 4.39 Å². The Morgan fingerprint density at radius 2 is 2.00 bits per heavy atom. The molecule has 0 aromatic heterocycles. The highest BCUT2D eigenvalue weighted by Crippen LogP contribution is 2.19. The van der Waals surface area contributed by atoms with Crippen molar-refractivity contribution in [2.75, 3.05) is 26.2 Å². The Morgan fingerprint density at radius 3 is 2.55 bits per heavy atom. The van der Waals surface area contributed by atoms with Crippen molar-refractivity contribution in [1.29, 1.82) is 0 Å². The Balaban J connectivity index is 1.99. The van der Waals surface area contributed by atoms with E-state index in [0.717, 1.165) is 32.6 Å². The molecule has 0 aliphatic carbocycles. The van der Waals surface area contributed by atoms with Gasteiger partial charge in [0.2, 0.25) is 0 Å². The fraction of sp³-hybridized carbons (Fsp3) is 0.533. The molecule has 1 fully saturated rings. The molecule has 0 saturated carbocycles. The zero-order valence-electron chi connectivity index (χ0n) is 11.9. The highest BCUT2D eigenvalue weighted by atomic mass is 79.9. The van der Waals surface area contributed by atoms with Crippen LogP contribution in [0.3, 0.4) is 0 Å². The third-order valence-electron chi connectivity index (χ3n) is 3.98. The number of halogens is 2. The minimum Gasteiger partial charge on any atom is -0.336 e. The van der Waals surface area contributed by atoms with Crippen LogP contribution in [0.1, 0.15) is 30.6 Å². The van der Waals surface area contributed by atoms with Crippen molar-refractivity contribution < 1.29 is 9.18 Å². The lowest BCUT2D eigenvalue weighted by Crippen LogP contribution is -2.51. The molecule has 2 rings (SSSR count). The van der Waals surface area contributed by atoms with Gasteiger partial charge >= 0.3 is 0 Å². The van der Waals surface area contributed by atoms with Crippen LogP contribution in [0.15, 0.2) is 22.7 Å². The van der Waals surface area contributed by atoms with Crippen molar-refractivity contribution in [3.63, 3.8) is 0 Å². The zero-order chi connectivity index (χ0) is 14.7. The van der Waals surface area contributed by atoms with Crippen LogP contribution < -0.4 is 0 Å². The van der Waals surface area contributed by atoms with E-state index in [0.29, 0.717) is 16.1 Å². The predicted octanol–water partition coefficient (Wildman–Crippen LogP) is 3.14. The van der Waals surface area contributed by atoms with Gasteiger partial charge in [-0.25, -0.2) is 4.39 Å². The molecule has 1 aliphatic heterocycles. The SMILES string of the molecule is CCC(C)N1CCN(C(=O)c2ccc(F)c(Br)c2)CC1. The van der Waals surface area contributed by atoms with E-state index in [4.69, 9.17) is 0 Å². The smallest absolute Gasteiger partial charge is 0.253 e. The van der Waals surface area contributed by atoms with Crippen LogP contribution in [-0.2, 0) is 0 Å². The lowest BCUT2D eigenvalue weighted by atomic mass is 10.1. The van der Waals surface area contributed by atoms with Gasteiger partial charge < -0.3 is 4.90 Å². The van der Waals surface area contributed by atoms with E-state index in [1.54, 1.807) is 12.1 Å². The largest absolute Gasteiger partial charge is 0.336 e. The quantitative estimate of drug-likeness (QED) is 0.842. The summed E-state index contributed by atoms with van der Waals surface area (Å²) >= 11 is 3.12. The molecule has 0 bridgehead atoms. The lowest BCUT2D eigenvalue weighted by Gasteiger charge is -2.37. The molecule has 1 heterocycles. The molecule has 0 radical (unpaired) electrons. The summed E-state index contributed by atoms with van der Waals surface area (Å²) in [4.78, 5) is 16.6. The second kappa shape index (κ2) is 6.68. The van der Waals surface area contributed by atoms with Crippen LogP contribution in [0.25, 0.3) is 0 Å². The molecule has 1 saturated heterocycles. The second-order valence-electron chi connectivity index (χ2n) is 5.21. The number of rotatable bonds is 3. The molecule has 3 nitrogen and oxygen atoms in total. The van der Waals surface area contributed by atoms with Gasteiger partial charge in [-0.2, -0.15) is 0 Å². The summed E-state index contributed by atoms with van der Waals surface area (Å²) in [5, 5.41) is 0. The van der Waals surface area contributed by atoms with Crippen LogP contribution in [0.2, 0.25) is 0 Å². The summed E-state index contributed by atoms with van der Waals surface area (Å²) in [7, 11) is 0. The summed E-state index contributed by atoms with van der Waals surface area (Å²) < 4.78 is 13.5. The molecule has 110 valence electrons. The first kappa shape index (κ1) is 15.4. The topological polar surface area (TPSA) is 23.6 Å². The molecular formula is C15H20BrFN2O. The van der Waals surface area contributed by atoms with Crippen molar-refractivity contribution in [3.05, 3.63) is 34.1 Å². The van der Waals surface area contributed by atoms with E-state index in [-0.39, 0.29) is 11.7 Å². The number of nitrogens with zero attached hydrogens (tertiary/aromatic N) is 2. The molecule has 20 heavy (non-hydrogen) atoms. The Hall–Kier alpha value is -0.940. The van der Waals surface area contributed by atoms with Gasteiger partial charge in [-0.3, -0.25) is 9.69 Å². The van der Waals surface area contributed by atoms with Crippen molar-refractivity contribution in [2.45, 2.75) is 26.3 Å². The fourth-order valence-corrected chi connectivity index (χ4v) is 2.81. The Morgan fingerprint density at radius 1 is 1.35 bits per heavy atom. The summed E-state index contributed by atoms with van der Waals surface area (Å²) in [5.74, 6) is -0.363. The monoisotopic (exact) mass is 342 g/mol. The molecule has 5 heteroatoms. The number of piperazine rings is 1. The Kier molecular flexibility index (Phi) is 5.16. The molecule has 1 aliphatic rings. The average Bonchev–Trinajstić information content (AvgIpc) is 2.48. The molecule has 1 amide bonds. The van der Waals surface area contributed by atoms with Gasteiger partial charge in [0.1, 0.15) is 5.82 Å². The van der Waals surface area contributed by atoms with E-state index < -0.39 is 0 Å². The summed E-state index contributed by atoms with van der Waals surface area (Å²) in [6.07, 6.45) is 1.12. The fourth-order valence-electron chi connectivity index (χ4n) is 2.44. The number of benzene rings is 1. The minimum atomic E-state index is -0.344. The standard InChI is InChI=1S/C15H20BrFN2O/c1-3-11(2)18-6-8-19(9-7-18)15(20)12-4-5-14(17)13(16)10-12/h4-5,10-11H,3,6-9H2,1-2H3. The van der Waals surface area contributed by atoms with Gasteiger partial charge in [-0.05, 0) is 47.5 Å². The number of amides is 1. The first-order chi connectivity index (χ1) is 9.52. The Bertz CT molecular complexity index is 487. The van der Waals surface area contributed by atoms with Crippen LogP contribution in [-0.4, -0.2) is 47.9 Å². The third-order valence-corrected chi connectivity index (χ3v) is 4.59. The second-order valence-corrected chi connectivity index (χ2v) is 6.07. The first-order valence-electron chi connectivity index (χ1n) is 7.01. The molecular weight excluding hydrogens is 323 g/mol. The van der Waals surface area contributed by atoms with Gasteiger partial charge in [0.05, 0.1) is 4.47 Å². The van der Waals surface area contributed by atoms with Gasteiger partial charge in [-0.15, -0.1) is 0 Å². The molecule has 0 N–H and O–H groups in total. The van der Waals surface area contributed by atoms with Crippen molar-refractivity contribution >= 4 is 21.8 Å². The van der Waals surface area contributed by atoms with E-state index in [9.17, 15) is 9.18 Å². The summed E-state index contributed by atoms with van der Waals surface area (Å²) in [6, 6.07) is 4.99. The molecule has 1 unspecified atom stereocenters. The maximum absolute atomic E-state index is 13.2. The highest BCUT2D eigenvalue weighted by molar-refractivity contribution is 9.10. The van der Waals surface area contributed by atoms with E-state index in [1.165, 1.54) is 6.07 Å². The maximum Gasteiger partial charge on any atom is 0.253 e. The number of carbonyl (C=O) groups excluding carboxylic acids is 1. The highest BCUT2D eigenvalue weighted by Gasteiger charge is 2.24. The molecule has 1 atom stereocenters. The number of hydrogen-bond acceptors (Lipinski definition) is 2. The van der Waals surface area contributed by atoms with E-state index in [1.807, 2.05) is 4.90 Å². The van der Waals surface area contributed by atoms with Crippen molar-refractivity contribution in [2.24, 2.45) is 0 Å². The summed E-state index contributed by atoms with van der Waals surface area (Å²) in [5.41, 5.74) is 0.537. The van der Waals surface area contributed by atoms with Crippen molar-refractivity contribution in [1.82, 2.24) is 9.80 Å². The molecule has 0 spiro atoms. The van der Waals surface area contributed by atoms with Crippen LogP contribution in [0, 0.1) is 5.82 Å². The average molecular weight is 343 g/mol. The molecule has 1 aromatic rings. The van der Waals surface area contributed by atoms with Gasteiger partial charge in [-0.1, -0.05) is 6.92 Å². The molecule has 1 aromatic carbocycles. The van der Waals surface area contributed by atoms with Gasteiger partial charge in [0, 0.05) is 37.8 Å². The van der Waals surface area contributed by atoms with Crippen LogP contribution in [0.5, 0.6) is 0 Å². The van der Waals surface area contributed by atoms with Gasteiger partial charge in [0.15, 0.2) is 0 Å². The maximum atomic E-state index is 13.2. The lowest BCUT2D eigenvalue weighted by molar-refractivity contribution is 0.0579. The van der Waals surface area contributed by atoms with Crippen LogP contribution >= 0.6 is 15.9 Å². The van der Waals surface area contributed by atoms with E-state index >= 15 is 0 Å². The van der Waals surface area contributed by atoms with Crippen molar-refractivity contribution in [3.8, 4) is 0 Å². The number of hydrogen-bond donors (Lipinski definition) is 0. The minimum absolute atomic E-state index is 0.0190. The first-order valence-corrected chi connectivity index (χ1v) is 7.80. The normalized spacial score (nSPS) is 18.1. The third kappa shape index (κ3) is 3.38. The zero-order valence-corrected chi connectivity index (χ0v) is 13.5. The predicted molar refractivity (Wildman–Crippen MR) is 81.3 cm³/mol. The number of carbonyl (C=O) groups is 1. The van der Waals surface area contributed by atoms with E-state index in [2.05, 4.69) is 34.7 Å².